The summed E-state index contributed by atoms with van der Waals surface area (Å²) in [4.78, 5) is 30.4. The van der Waals surface area contributed by atoms with Crippen LogP contribution in [0.3, 0.4) is 0 Å². The van der Waals surface area contributed by atoms with Crippen molar-refractivity contribution in [1.82, 2.24) is 20.4 Å². The maximum Gasteiger partial charge on any atom is 0.259 e. The van der Waals surface area contributed by atoms with E-state index in [2.05, 4.69) is 20.4 Å². The van der Waals surface area contributed by atoms with Gasteiger partial charge in [-0.15, -0.1) is 0 Å². The van der Waals surface area contributed by atoms with Crippen molar-refractivity contribution in [2.24, 2.45) is 0 Å². The summed E-state index contributed by atoms with van der Waals surface area (Å²) in [5.74, 6) is 0.299. The third-order valence-corrected chi connectivity index (χ3v) is 3.58. The molecular formula is C17H16N4O3. The van der Waals surface area contributed by atoms with Gasteiger partial charge < -0.3 is 14.8 Å². The lowest BCUT2D eigenvalue weighted by atomic mass is 10.1. The van der Waals surface area contributed by atoms with E-state index >= 15 is 0 Å². The van der Waals surface area contributed by atoms with E-state index in [9.17, 15) is 9.59 Å². The topological polar surface area (TPSA) is 101 Å². The van der Waals surface area contributed by atoms with Gasteiger partial charge in [0.25, 0.3) is 5.56 Å². The van der Waals surface area contributed by atoms with E-state index in [1.807, 2.05) is 31.2 Å². The highest BCUT2D eigenvalue weighted by molar-refractivity contribution is 5.78. The molecule has 3 rings (SSSR count). The molecule has 3 aromatic rings. The molecule has 7 nitrogen and oxygen atoms in total. The van der Waals surface area contributed by atoms with Gasteiger partial charge in [0.2, 0.25) is 17.6 Å². The summed E-state index contributed by atoms with van der Waals surface area (Å²) < 4.78 is 5.07. The monoisotopic (exact) mass is 324 g/mol. The average molecular weight is 324 g/mol. The molecule has 24 heavy (non-hydrogen) atoms. The van der Waals surface area contributed by atoms with Gasteiger partial charge in [0.15, 0.2) is 0 Å². The number of aromatic amines is 1. The number of amides is 1. The van der Waals surface area contributed by atoms with Crippen molar-refractivity contribution in [1.29, 1.82) is 0 Å². The van der Waals surface area contributed by atoms with Crippen molar-refractivity contribution < 1.29 is 9.32 Å². The quantitative estimate of drug-likeness (QED) is 0.742. The Bertz CT molecular complexity index is 914. The Balaban J connectivity index is 1.62. The van der Waals surface area contributed by atoms with Crippen LogP contribution in [0.1, 0.15) is 17.0 Å². The van der Waals surface area contributed by atoms with Crippen LogP contribution in [0.15, 0.2) is 51.9 Å². The molecule has 0 unspecified atom stereocenters. The van der Waals surface area contributed by atoms with Gasteiger partial charge in [0.1, 0.15) is 0 Å². The molecule has 0 aliphatic carbocycles. The maximum atomic E-state index is 12.0. The van der Waals surface area contributed by atoms with Crippen molar-refractivity contribution in [2.75, 3.05) is 0 Å². The predicted molar refractivity (Wildman–Crippen MR) is 87.1 cm³/mol. The minimum atomic E-state index is -0.298. The number of benzene rings is 1. The summed E-state index contributed by atoms with van der Waals surface area (Å²) in [5, 5.41) is 6.50. The van der Waals surface area contributed by atoms with Gasteiger partial charge in [0.05, 0.1) is 18.5 Å². The highest BCUT2D eigenvalue weighted by atomic mass is 16.5. The fourth-order valence-corrected chi connectivity index (χ4v) is 2.25. The maximum absolute atomic E-state index is 12.0. The standard InChI is InChI=1S/C17H16N4O3/c1-11-5-2-3-6-12(11)9-14(22)19-10-15-20-16(21-24-15)13-7-4-8-18-17(13)23/h2-8H,9-10H2,1H3,(H,18,23)(H,19,22). The molecule has 1 aromatic carbocycles. The fourth-order valence-electron chi connectivity index (χ4n) is 2.25. The third kappa shape index (κ3) is 3.57. The number of pyridine rings is 1. The Hall–Kier alpha value is -3.22. The lowest BCUT2D eigenvalue weighted by molar-refractivity contribution is -0.120. The molecule has 0 fully saturated rings. The van der Waals surface area contributed by atoms with Gasteiger partial charge in [-0.2, -0.15) is 4.98 Å². The highest BCUT2D eigenvalue weighted by Crippen LogP contribution is 2.10. The van der Waals surface area contributed by atoms with Crippen LogP contribution in [-0.4, -0.2) is 21.0 Å². The van der Waals surface area contributed by atoms with Gasteiger partial charge in [-0.25, -0.2) is 0 Å². The summed E-state index contributed by atoms with van der Waals surface area (Å²) in [6.07, 6.45) is 1.81. The first-order chi connectivity index (χ1) is 11.6. The van der Waals surface area contributed by atoms with E-state index in [4.69, 9.17) is 4.52 Å². The first-order valence-electron chi connectivity index (χ1n) is 7.45. The van der Waals surface area contributed by atoms with Crippen molar-refractivity contribution in [3.63, 3.8) is 0 Å². The molecule has 0 aliphatic heterocycles. The second kappa shape index (κ2) is 6.91. The molecule has 0 saturated heterocycles. The molecule has 0 radical (unpaired) electrons. The number of carbonyl (C=O) groups is 1. The largest absolute Gasteiger partial charge is 0.347 e. The van der Waals surface area contributed by atoms with Crippen LogP contribution >= 0.6 is 0 Å². The Kier molecular flexibility index (Phi) is 4.51. The molecule has 2 aromatic heterocycles. The number of rotatable bonds is 5. The molecule has 1 amide bonds. The molecule has 0 atom stereocenters. The number of aryl methyl sites for hydroxylation is 1. The molecule has 0 saturated carbocycles. The second-order valence-electron chi connectivity index (χ2n) is 5.30. The lowest BCUT2D eigenvalue weighted by Crippen LogP contribution is -2.25. The second-order valence-corrected chi connectivity index (χ2v) is 5.30. The Labute approximate surface area is 137 Å². The van der Waals surface area contributed by atoms with E-state index in [1.54, 1.807) is 12.1 Å². The van der Waals surface area contributed by atoms with Gasteiger partial charge >= 0.3 is 0 Å². The Morgan fingerprint density at radius 2 is 2.08 bits per heavy atom. The summed E-state index contributed by atoms with van der Waals surface area (Å²) in [6.45, 7) is 2.08. The minimum Gasteiger partial charge on any atom is -0.347 e. The average Bonchev–Trinajstić information content (AvgIpc) is 3.04. The fraction of sp³-hybridized carbons (Fsp3) is 0.176. The molecule has 2 heterocycles. The first-order valence-corrected chi connectivity index (χ1v) is 7.45. The van der Waals surface area contributed by atoms with E-state index in [1.165, 1.54) is 6.20 Å². The van der Waals surface area contributed by atoms with E-state index in [-0.39, 0.29) is 36.1 Å². The Morgan fingerprint density at radius 3 is 2.88 bits per heavy atom. The van der Waals surface area contributed by atoms with Crippen LogP contribution in [0, 0.1) is 6.92 Å². The van der Waals surface area contributed by atoms with E-state index < -0.39 is 0 Å². The lowest BCUT2D eigenvalue weighted by Gasteiger charge is -2.05. The number of H-pyrrole nitrogens is 1. The zero-order valence-corrected chi connectivity index (χ0v) is 13.1. The predicted octanol–water partition coefficient (Wildman–Crippen LogP) is 1.59. The number of hydrogen-bond donors (Lipinski definition) is 2. The summed E-state index contributed by atoms with van der Waals surface area (Å²) in [5.41, 5.74) is 2.06. The SMILES string of the molecule is Cc1ccccc1CC(=O)NCc1nc(-c2ccc[nH]c2=O)no1. The van der Waals surface area contributed by atoms with Crippen LogP contribution in [0.25, 0.3) is 11.4 Å². The number of nitrogens with zero attached hydrogens (tertiary/aromatic N) is 2. The smallest absolute Gasteiger partial charge is 0.259 e. The van der Waals surface area contributed by atoms with Crippen molar-refractivity contribution in [2.45, 2.75) is 19.9 Å². The molecule has 0 bridgehead atoms. The Morgan fingerprint density at radius 1 is 1.25 bits per heavy atom. The summed E-state index contributed by atoms with van der Waals surface area (Å²) >= 11 is 0. The molecular weight excluding hydrogens is 308 g/mol. The van der Waals surface area contributed by atoms with Crippen molar-refractivity contribution in [3.8, 4) is 11.4 Å². The highest BCUT2D eigenvalue weighted by Gasteiger charge is 2.12. The van der Waals surface area contributed by atoms with E-state index in [0.29, 0.717) is 5.56 Å². The number of nitrogens with one attached hydrogen (secondary N) is 2. The van der Waals surface area contributed by atoms with Crippen molar-refractivity contribution in [3.05, 3.63) is 70.0 Å². The minimum absolute atomic E-state index is 0.114. The van der Waals surface area contributed by atoms with Gasteiger partial charge in [-0.05, 0) is 30.2 Å². The summed E-state index contributed by atoms with van der Waals surface area (Å²) in [6, 6.07) is 11.0. The molecule has 7 heteroatoms. The summed E-state index contributed by atoms with van der Waals surface area (Å²) in [7, 11) is 0. The molecule has 0 aliphatic rings. The van der Waals surface area contributed by atoms with Gasteiger partial charge in [-0.3, -0.25) is 9.59 Å². The number of carbonyl (C=O) groups excluding carboxylic acids is 1. The van der Waals surface area contributed by atoms with Crippen molar-refractivity contribution >= 4 is 5.91 Å². The first kappa shape index (κ1) is 15.7. The van der Waals surface area contributed by atoms with Crippen LogP contribution in [0.2, 0.25) is 0 Å². The van der Waals surface area contributed by atoms with E-state index in [0.717, 1.165) is 11.1 Å². The zero-order valence-electron chi connectivity index (χ0n) is 13.1. The molecule has 122 valence electrons. The number of hydrogen-bond acceptors (Lipinski definition) is 5. The van der Waals surface area contributed by atoms with Crippen LogP contribution < -0.4 is 10.9 Å². The normalized spacial score (nSPS) is 10.5. The van der Waals surface area contributed by atoms with Gasteiger partial charge in [-0.1, -0.05) is 29.4 Å². The molecule has 0 spiro atoms. The zero-order chi connectivity index (χ0) is 16.9. The third-order valence-electron chi connectivity index (χ3n) is 3.58. The van der Waals surface area contributed by atoms with Crippen LogP contribution in [0.5, 0.6) is 0 Å². The molecule has 2 N–H and O–H groups in total. The number of aromatic nitrogens is 3. The van der Waals surface area contributed by atoms with Crippen LogP contribution in [-0.2, 0) is 17.8 Å². The van der Waals surface area contributed by atoms with Gasteiger partial charge in [0, 0.05) is 6.20 Å². The van der Waals surface area contributed by atoms with Crippen LogP contribution in [0.4, 0.5) is 0 Å².